The van der Waals surface area contributed by atoms with E-state index >= 15 is 0 Å². The van der Waals surface area contributed by atoms with Crippen molar-refractivity contribution in [3.8, 4) is 0 Å². The van der Waals surface area contributed by atoms with Crippen LogP contribution < -0.4 is 5.56 Å². The predicted octanol–water partition coefficient (Wildman–Crippen LogP) is 2.24. The molecular weight excluding hydrogens is 226 g/mol. The van der Waals surface area contributed by atoms with Crippen LogP contribution in [0.3, 0.4) is 0 Å². The van der Waals surface area contributed by atoms with Crippen molar-refractivity contribution in [1.82, 2.24) is 14.6 Å². The number of aryl methyl sites for hydroxylation is 2. The van der Waals surface area contributed by atoms with E-state index < -0.39 is 0 Å². The molecule has 0 aliphatic heterocycles. The van der Waals surface area contributed by atoms with Crippen molar-refractivity contribution in [3.05, 3.63) is 33.4 Å². The van der Waals surface area contributed by atoms with E-state index in [1.165, 1.54) is 6.42 Å². The van der Waals surface area contributed by atoms with E-state index in [0.29, 0.717) is 0 Å². The van der Waals surface area contributed by atoms with Gasteiger partial charge in [0, 0.05) is 17.3 Å². The molecule has 18 heavy (non-hydrogen) atoms. The zero-order valence-corrected chi connectivity index (χ0v) is 10.8. The third kappa shape index (κ3) is 1.85. The Morgan fingerprint density at radius 1 is 1.33 bits per heavy atom. The maximum Gasteiger partial charge on any atom is 0.276 e. The fourth-order valence-electron chi connectivity index (χ4n) is 2.78. The molecule has 0 bridgehead atoms. The second-order valence-electron chi connectivity index (χ2n) is 5.13. The van der Waals surface area contributed by atoms with Crippen molar-refractivity contribution >= 4 is 5.65 Å². The van der Waals surface area contributed by atoms with Gasteiger partial charge in [0.2, 0.25) is 0 Å². The molecule has 0 saturated heterocycles. The highest BCUT2D eigenvalue weighted by atomic mass is 16.1. The molecule has 2 heterocycles. The largest absolute Gasteiger partial charge is 0.294 e. The van der Waals surface area contributed by atoms with Gasteiger partial charge < -0.3 is 0 Å². The smallest absolute Gasteiger partial charge is 0.276 e. The molecular formula is C14H19N3O. The fraction of sp³-hybridized carbons (Fsp3) is 0.571. The minimum atomic E-state index is 0.110. The van der Waals surface area contributed by atoms with E-state index in [1.807, 2.05) is 6.07 Å². The van der Waals surface area contributed by atoms with Crippen LogP contribution in [0.25, 0.3) is 5.65 Å². The van der Waals surface area contributed by atoms with Gasteiger partial charge in [0.15, 0.2) is 5.65 Å². The van der Waals surface area contributed by atoms with E-state index in [-0.39, 0.29) is 5.56 Å². The average molecular weight is 245 g/mol. The van der Waals surface area contributed by atoms with Gasteiger partial charge in [0.05, 0.1) is 5.69 Å². The molecule has 0 radical (unpaired) electrons. The van der Waals surface area contributed by atoms with Crippen molar-refractivity contribution in [2.45, 2.75) is 51.9 Å². The Bertz CT molecular complexity index is 624. The quantitative estimate of drug-likeness (QED) is 0.825. The summed E-state index contributed by atoms with van der Waals surface area (Å²) in [7, 11) is 0. The number of nitrogens with one attached hydrogen (secondary N) is 1. The van der Waals surface area contributed by atoms with Crippen LogP contribution in [0.5, 0.6) is 0 Å². The number of aromatic nitrogens is 3. The molecule has 2 aromatic rings. The van der Waals surface area contributed by atoms with Crippen molar-refractivity contribution < 1.29 is 0 Å². The van der Waals surface area contributed by atoms with Gasteiger partial charge in [-0.05, 0) is 32.1 Å². The van der Waals surface area contributed by atoms with Crippen molar-refractivity contribution in [2.24, 2.45) is 0 Å². The number of aromatic amines is 1. The second-order valence-corrected chi connectivity index (χ2v) is 5.13. The van der Waals surface area contributed by atoms with Crippen molar-refractivity contribution in [3.63, 3.8) is 0 Å². The Labute approximate surface area is 106 Å². The molecule has 0 spiro atoms. The number of hydrogen-bond acceptors (Lipinski definition) is 2. The molecule has 0 fully saturated rings. The molecule has 4 nitrogen and oxygen atoms in total. The summed E-state index contributed by atoms with van der Waals surface area (Å²) in [6.07, 6.45) is 7.34. The van der Waals surface area contributed by atoms with Gasteiger partial charge in [-0.15, -0.1) is 0 Å². The first-order chi connectivity index (χ1) is 8.79. The standard InChI is InChI=1S/C14H19N3O/c1-2-6-10-9-13-15-12-8-5-3-4-7-11(12)14(18)17(13)16-10/h9,16H,2-8H2,1H3. The highest BCUT2D eigenvalue weighted by Gasteiger charge is 2.16. The van der Waals surface area contributed by atoms with Crippen LogP contribution in [0, 0.1) is 0 Å². The molecule has 0 saturated carbocycles. The highest BCUT2D eigenvalue weighted by molar-refractivity contribution is 5.42. The van der Waals surface area contributed by atoms with E-state index in [2.05, 4.69) is 17.0 Å². The Morgan fingerprint density at radius 2 is 2.17 bits per heavy atom. The molecule has 0 aromatic carbocycles. The van der Waals surface area contributed by atoms with Gasteiger partial charge in [-0.2, -0.15) is 0 Å². The van der Waals surface area contributed by atoms with Crippen LogP contribution in [0.15, 0.2) is 10.9 Å². The minimum absolute atomic E-state index is 0.110. The lowest BCUT2D eigenvalue weighted by Crippen LogP contribution is -2.22. The van der Waals surface area contributed by atoms with E-state index in [9.17, 15) is 4.79 Å². The van der Waals surface area contributed by atoms with E-state index in [1.54, 1.807) is 4.52 Å². The van der Waals surface area contributed by atoms with Crippen LogP contribution >= 0.6 is 0 Å². The average Bonchev–Trinajstić information content (AvgIpc) is 2.60. The summed E-state index contributed by atoms with van der Waals surface area (Å²) in [5, 5.41) is 3.18. The van der Waals surface area contributed by atoms with Crippen LogP contribution in [-0.2, 0) is 19.3 Å². The molecule has 0 unspecified atom stereocenters. The highest BCUT2D eigenvalue weighted by Crippen LogP contribution is 2.17. The first-order valence-corrected chi connectivity index (χ1v) is 6.92. The Kier molecular flexibility index (Phi) is 2.94. The molecule has 1 aliphatic rings. The van der Waals surface area contributed by atoms with E-state index in [0.717, 1.165) is 61.1 Å². The van der Waals surface area contributed by atoms with Crippen molar-refractivity contribution in [2.75, 3.05) is 0 Å². The van der Waals surface area contributed by atoms with Gasteiger partial charge in [0.1, 0.15) is 0 Å². The summed E-state index contributed by atoms with van der Waals surface area (Å²) in [5.41, 5.74) is 3.94. The van der Waals surface area contributed by atoms with Crippen LogP contribution in [0.1, 0.15) is 49.6 Å². The summed E-state index contributed by atoms with van der Waals surface area (Å²) < 4.78 is 1.62. The van der Waals surface area contributed by atoms with Crippen molar-refractivity contribution in [1.29, 1.82) is 0 Å². The molecule has 0 amide bonds. The van der Waals surface area contributed by atoms with E-state index in [4.69, 9.17) is 0 Å². The maximum absolute atomic E-state index is 12.4. The van der Waals surface area contributed by atoms with Gasteiger partial charge >= 0.3 is 0 Å². The second kappa shape index (κ2) is 4.59. The Hall–Kier alpha value is -1.58. The zero-order chi connectivity index (χ0) is 12.5. The summed E-state index contributed by atoms with van der Waals surface area (Å²) in [6.45, 7) is 2.14. The number of rotatable bonds is 2. The third-order valence-corrected chi connectivity index (χ3v) is 3.71. The number of nitrogens with zero attached hydrogens (tertiary/aromatic N) is 2. The topological polar surface area (TPSA) is 50.2 Å². The molecule has 1 aliphatic carbocycles. The molecule has 0 atom stereocenters. The zero-order valence-electron chi connectivity index (χ0n) is 10.8. The monoisotopic (exact) mass is 245 g/mol. The third-order valence-electron chi connectivity index (χ3n) is 3.71. The fourth-order valence-corrected chi connectivity index (χ4v) is 2.78. The maximum atomic E-state index is 12.4. The summed E-state index contributed by atoms with van der Waals surface area (Å²) >= 11 is 0. The van der Waals surface area contributed by atoms with Crippen LogP contribution in [-0.4, -0.2) is 14.6 Å². The van der Waals surface area contributed by atoms with Crippen LogP contribution in [0.2, 0.25) is 0 Å². The van der Waals surface area contributed by atoms with Gasteiger partial charge in [-0.25, -0.2) is 9.50 Å². The first-order valence-electron chi connectivity index (χ1n) is 6.92. The normalized spacial score (nSPS) is 15.6. The van der Waals surface area contributed by atoms with Crippen LogP contribution in [0.4, 0.5) is 0 Å². The predicted molar refractivity (Wildman–Crippen MR) is 71.1 cm³/mol. The lowest BCUT2D eigenvalue weighted by molar-refractivity contribution is 0.708. The number of H-pyrrole nitrogens is 1. The SMILES string of the molecule is CCCc1cc2nc3c(c(=O)n2[nH]1)CCCCC3. The number of hydrogen-bond donors (Lipinski definition) is 1. The summed E-state index contributed by atoms with van der Waals surface area (Å²) in [4.78, 5) is 17.1. The van der Waals surface area contributed by atoms with Gasteiger partial charge in [-0.1, -0.05) is 19.8 Å². The first kappa shape index (κ1) is 11.5. The van der Waals surface area contributed by atoms with Gasteiger partial charge in [0.25, 0.3) is 5.56 Å². The summed E-state index contributed by atoms with van der Waals surface area (Å²) in [6, 6.07) is 2.01. The Balaban J connectivity index is 2.18. The molecule has 1 N–H and O–H groups in total. The molecule has 3 rings (SSSR count). The number of fused-ring (bicyclic) bond motifs is 2. The Morgan fingerprint density at radius 3 is 3.00 bits per heavy atom. The lowest BCUT2D eigenvalue weighted by Gasteiger charge is -2.04. The molecule has 2 aromatic heterocycles. The summed E-state index contributed by atoms with van der Waals surface area (Å²) in [5.74, 6) is 0. The molecule has 96 valence electrons. The lowest BCUT2D eigenvalue weighted by atomic mass is 10.1. The van der Waals surface area contributed by atoms with Gasteiger partial charge in [-0.3, -0.25) is 9.89 Å². The minimum Gasteiger partial charge on any atom is -0.294 e. The molecule has 4 heteroatoms.